The molecule has 2 aromatic carbocycles. The van der Waals surface area contributed by atoms with Crippen LogP contribution >= 0.6 is 11.6 Å². The average Bonchev–Trinajstić information content (AvgIpc) is 2.49. The van der Waals surface area contributed by atoms with Gasteiger partial charge in [0.25, 0.3) is 0 Å². The molecule has 0 aliphatic rings. The van der Waals surface area contributed by atoms with Crippen molar-refractivity contribution in [3.8, 4) is 11.5 Å². The number of carbonyl (C=O) groups is 1. The Labute approximate surface area is 129 Å². The molecule has 1 unspecified atom stereocenters. The van der Waals surface area contributed by atoms with Gasteiger partial charge in [0, 0.05) is 10.6 Å². The summed E-state index contributed by atoms with van der Waals surface area (Å²) in [5.41, 5.74) is 0.570. The second-order valence-corrected chi connectivity index (χ2v) is 4.95. The Kier molecular flexibility index (Phi) is 5.23. The molecule has 0 aliphatic carbocycles. The van der Waals surface area contributed by atoms with E-state index in [0.29, 0.717) is 28.7 Å². The zero-order chi connectivity index (χ0) is 15.2. The molecule has 0 spiro atoms. The molecule has 21 heavy (non-hydrogen) atoms. The van der Waals surface area contributed by atoms with Gasteiger partial charge in [-0.1, -0.05) is 23.7 Å². The summed E-state index contributed by atoms with van der Waals surface area (Å²) in [6.07, 6.45) is -0.604. The Hall–Kier alpha value is -2.00. The van der Waals surface area contributed by atoms with Crippen LogP contribution in [-0.2, 0) is 0 Å². The van der Waals surface area contributed by atoms with E-state index in [1.165, 1.54) is 0 Å². The molecule has 0 amide bonds. The van der Waals surface area contributed by atoms with E-state index in [1.807, 2.05) is 25.1 Å². The summed E-state index contributed by atoms with van der Waals surface area (Å²) in [5.74, 6) is 1.10. The zero-order valence-corrected chi connectivity index (χ0v) is 12.8. The quantitative estimate of drug-likeness (QED) is 0.743. The number of hydrogen-bond donors (Lipinski definition) is 0. The van der Waals surface area contributed by atoms with Crippen molar-refractivity contribution in [3.05, 3.63) is 59.1 Å². The van der Waals surface area contributed by atoms with Crippen LogP contribution < -0.4 is 9.47 Å². The van der Waals surface area contributed by atoms with Gasteiger partial charge < -0.3 is 9.47 Å². The number of ketones is 1. The van der Waals surface area contributed by atoms with E-state index in [1.54, 1.807) is 37.3 Å². The molecule has 0 saturated heterocycles. The van der Waals surface area contributed by atoms with E-state index >= 15 is 0 Å². The predicted molar refractivity (Wildman–Crippen MR) is 83.5 cm³/mol. The van der Waals surface area contributed by atoms with Gasteiger partial charge >= 0.3 is 0 Å². The van der Waals surface area contributed by atoms with Gasteiger partial charge in [0.1, 0.15) is 0 Å². The Morgan fingerprint density at radius 1 is 1.10 bits per heavy atom. The number of para-hydroxylation sites is 2. The summed E-state index contributed by atoms with van der Waals surface area (Å²) in [4.78, 5) is 12.3. The van der Waals surface area contributed by atoms with Crippen LogP contribution in [0.3, 0.4) is 0 Å². The van der Waals surface area contributed by atoms with Crippen molar-refractivity contribution in [3.63, 3.8) is 0 Å². The lowest BCUT2D eigenvalue weighted by molar-refractivity contribution is 0.0813. The van der Waals surface area contributed by atoms with E-state index in [0.717, 1.165) is 0 Å². The third kappa shape index (κ3) is 3.99. The van der Waals surface area contributed by atoms with Gasteiger partial charge in [-0.3, -0.25) is 4.79 Å². The second-order valence-electron chi connectivity index (χ2n) is 4.51. The minimum Gasteiger partial charge on any atom is -0.490 e. The van der Waals surface area contributed by atoms with Gasteiger partial charge in [-0.05, 0) is 50.2 Å². The number of hydrogen-bond acceptors (Lipinski definition) is 3. The van der Waals surface area contributed by atoms with E-state index < -0.39 is 6.10 Å². The fourth-order valence-corrected chi connectivity index (χ4v) is 2.04. The van der Waals surface area contributed by atoms with E-state index in [2.05, 4.69) is 0 Å². The number of ether oxygens (including phenoxy) is 2. The molecule has 0 radical (unpaired) electrons. The molecule has 0 N–H and O–H groups in total. The van der Waals surface area contributed by atoms with Crippen LogP contribution in [0.1, 0.15) is 24.2 Å². The van der Waals surface area contributed by atoms with Crippen molar-refractivity contribution in [2.45, 2.75) is 20.0 Å². The minimum atomic E-state index is -0.604. The van der Waals surface area contributed by atoms with Crippen molar-refractivity contribution in [2.75, 3.05) is 6.61 Å². The maximum atomic E-state index is 12.3. The van der Waals surface area contributed by atoms with Crippen LogP contribution in [-0.4, -0.2) is 18.5 Å². The lowest BCUT2D eigenvalue weighted by Gasteiger charge is -2.16. The number of halogens is 1. The summed E-state index contributed by atoms with van der Waals surface area (Å²) in [7, 11) is 0. The van der Waals surface area contributed by atoms with Gasteiger partial charge in [0.05, 0.1) is 6.61 Å². The maximum absolute atomic E-state index is 12.3. The van der Waals surface area contributed by atoms with Crippen LogP contribution in [0.5, 0.6) is 11.5 Å². The summed E-state index contributed by atoms with van der Waals surface area (Å²) in [6, 6.07) is 14.1. The first-order valence-electron chi connectivity index (χ1n) is 6.80. The first-order chi connectivity index (χ1) is 10.1. The zero-order valence-electron chi connectivity index (χ0n) is 12.0. The number of benzene rings is 2. The first kappa shape index (κ1) is 15.4. The predicted octanol–water partition coefficient (Wildman–Crippen LogP) is 4.39. The van der Waals surface area contributed by atoms with Crippen molar-refractivity contribution in [1.29, 1.82) is 0 Å². The highest BCUT2D eigenvalue weighted by molar-refractivity contribution is 6.30. The molecular weight excluding hydrogens is 288 g/mol. The highest BCUT2D eigenvalue weighted by atomic mass is 35.5. The summed E-state index contributed by atoms with van der Waals surface area (Å²) in [6.45, 7) is 4.17. The summed E-state index contributed by atoms with van der Waals surface area (Å²) in [5, 5.41) is 0.599. The molecule has 3 nitrogen and oxygen atoms in total. The topological polar surface area (TPSA) is 35.5 Å². The number of carbonyl (C=O) groups excluding carboxylic acids is 1. The third-order valence-electron chi connectivity index (χ3n) is 2.95. The summed E-state index contributed by atoms with van der Waals surface area (Å²) >= 11 is 5.82. The molecule has 0 bridgehead atoms. The Morgan fingerprint density at radius 2 is 1.71 bits per heavy atom. The van der Waals surface area contributed by atoms with Gasteiger partial charge in [0.15, 0.2) is 17.6 Å². The lowest BCUT2D eigenvalue weighted by Crippen LogP contribution is -2.24. The van der Waals surface area contributed by atoms with Crippen LogP contribution in [0, 0.1) is 0 Å². The highest BCUT2D eigenvalue weighted by Gasteiger charge is 2.18. The van der Waals surface area contributed by atoms with E-state index in [4.69, 9.17) is 21.1 Å². The smallest absolute Gasteiger partial charge is 0.202 e. The van der Waals surface area contributed by atoms with E-state index in [9.17, 15) is 4.79 Å². The molecule has 2 rings (SSSR count). The maximum Gasteiger partial charge on any atom is 0.202 e. The van der Waals surface area contributed by atoms with Crippen molar-refractivity contribution < 1.29 is 14.3 Å². The fraction of sp³-hybridized carbons (Fsp3) is 0.235. The van der Waals surface area contributed by atoms with Gasteiger partial charge in [-0.15, -0.1) is 0 Å². The first-order valence-corrected chi connectivity index (χ1v) is 7.18. The lowest BCUT2D eigenvalue weighted by atomic mass is 10.1. The molecule has 0 aliphatic heterocycles. The van der Waals surface area contributed by atoms with Crippen molar-refractivity contribution in [2.24, 2.45) is 0 Å². The minimum absolute atomic E-state index is 0.0991. The Morgan fingerprint density at radius 3 is 2.33 bits per heavy atom. The monoisotopic (exact) mass is 304 g/mol. The Bertz CT molecular complexity index is 608. The molecule has 4 heteroatoms. The van der Waals surface area contributed by atoms with E-state index in [-0.39, 0.29) is 5.78 Å². The molecule has 0 fully saturated rings. The van der Waals surface area contributed by atoms with Crippen molar-refractivity contribution >= 4 is 17.4 Å². The van der Waals surface area contributed by atoms with Gasteiger partial charge in [-0.25, -0.2) is 0 Å². The molecule has 0 heterocycles. The molecule has 2 aromatic rings. The standard InChI is InChI=1S/C17H17ClO3/c1-3-20-15-6-4-5-7-16(15)21-12(2)17(19)13-8-10-14(18)11-9-13/h4-12H,3H2,1-2H3. The van der Waals surface area contributed by atoms with Crippen LogP contribution in [0.2, 0.25) is 5.02 Å². The van der Waals surface area contributed by atoms with Gasteiger partial charge in [0.2, 0.25) is 5.78 Å². The largest absolute Gasteiger partial charge is 0.490 e. The second kappa shape index (κ2) is 7.14. The molecule has 1 atom stereocenters. The van der Waals surface area contributed by atoms with Crippen LogP contribution in [0.25, 0.3) is 0 Å². The third-order valence-corrected chi connectivity index (χ3v) is 3.20. The highest BCUT2D eigenvalue weighted by Crippen LogP contribution is 2.28. The van der Waals surface area contributed by atoms with Crippen LogP contribution in [0.4, 0.5) is 0 Å². The van der Waals surface area contributed by atoms with Gasteiger partial charge in [-0.2, -0.15) is 0 Å². The number of rotatable bonds is 6. The SMILES string of the molecule is CCOc1ccccc1OC(C)C(=O)c1ccc(Cl)cc1. The molecule has 0 saturated carbocycles. The Balaban J connectivity index is 2.12. The molecule has 0 aromatic heterocycles. The normalized spacial score (nSPS) is 11.8. The number of Topliss-reactive ketones (excluding diaryl/α,β-unsaturated/α-hetero) is 1. The summed E-state index contributed by atoms with van der Waals surface area (Å²) < 4.78 is 11.2. The van der Waals surface area contributed by atoms with Crippen LogP contribution in [0.15, 0.2) is 48.5 Å². The molecule has 110 valence electrons. The fourth-order valence-electron chi connectivity index (χ4n) is 1.92. The average molecular weight is 305 g/mol. The van der Waals surface area contributed by atoms with Crippen molar-refractivity contribution in [1.82, 2.24) is 0 Å². The molecular formula is C17H17ClO3.